The van der Waals surface area contributed by atoms with E-state index in [1.807, 2.05) is 12.3 Å². The number of thiophene rings is 1. The average Bonchev–Trinajstić information content (AvgIpc) is 3.20. The van der Waals surface area contributed by atoms with Crippen molar-refractivity contribution in [3.8, 4) is 11.1 Å². The van der Waals surface area contributed by atoms with Gasteiger partial charge in [-0.1, -0.05) is 0 Å². The summed E-state index contributed by atoms with van der Waals surface area (Å²) < 4.78 is 0. The van der Waals surface area contributed by atoms with Crippen LogP contribution in [0.3, 0.4) is 0 Å². The number of nitrogen functional groups attached to an aromatic ring is 1. The highest BCUT2D eigenvalue weighted by Crippen LogP contribution is 2.32. The summed E-state index contributed by atoms with van der Waals surface area (Å²) in [5.41, 5.74) is 8.99. The van der Waals surface area contributed by atoms with E-state index in [0.29, 0.717) is 17.7 Å². The standard InChI is InChI=1S/C19H23N7S/c1-26-5-2-14(3-6-26)24-16-8-18(25-19-11-21-17(20)10-23-19)22-9-15(16)13-4-7-27-12-13/h4,7-12,14H,2-3,5-6H2,1H3,(H2,20,21)(H2,22,23,24,25). The SMILES string of the molecule is CN1CCC(Nc2cc(Nc3cnc(N)cn3)ncc2-c2ccsc2)CC1. The van der Waals surface area contributed by atoms with Crippen LogP contribution < -0.4 is 16.4 Å². The van der Waals surface area contributed by atoms with Gasteiger partial charge in [0.15, 0.2) is 0 Å². The summed E-state index contributed by atoms with van der Waals surface area (Å²) in [6.07, 6.45) is 7.31. The van der Waals surface area contributed by atoms with Crippen LogP contribution >= 0.6 is 11.3 Å². The molecule has 0 spiro atoms. The highest BCUT2D eigenvalue weighted by atomic mass is 32.1. The van der Waals surface area contributed by atoms with Gasteiger partial charge in [0.1, 0.15) is 17.5 Å². The first-order chi connectivity index (χ1) is 13.2. The summed E-state index contributed by atoms with van der Waals surface area (Å²) in [5.74, 6) is 1.74. The molecule has 4 heterocycles. The zero-order valence-electron chi connectivity index (χ0n) is 15.2. The molecular weight excluding hydrogens is 358 g/mol. The van der Waals surface area contributed by atoms with Crippen molar-refractivity contribution in [3.05, 3.63) is 41.5 Å². The predicted molar refractivity (Wildman–Crippen MR) is 111 cm³/mol. The minimum Gasteiger partial charge on any atom is -0.382 e. The number of nitrogens with one attached hydrogen (secondary N) is 2. The van der Waals surface area contributed by atoms with Gasteiger partial charge in [-0.3, -0.25) is 0 Å². The van der Waals surface area contributed by atoms with Crippen LogP contribution in [0.25, 0.3) is 11.1 Å². The van der Waals surface area contributed by atoms with Crippen LogP contribution in [-0.2, 0) is 0 Å². The molecule has 1 saturated heterocycles. The second-order valence-corrected chi connectivity index (χ2v) is 7.58. The van der Waals surface area contributed by atoms with Crippen LogP contribution in [0.2, 0.25) is 0 Å². The van der Waals surface area contributed by atoms with E-state index in [-0.39, 0.29) is 0 Å². The summed E-state index contributed by atoms with van der Waals surface area (Å²) >= 11 is 1.69. The van der Waals surface area contributed by atoms with E-state index in [9.17, 15) is 0 Å². The summed E-state index contributed by atoms with van der Waals surface area (Å²) in [6.45, 7) is 2.23. The first-order valence-corrected chi connectivity index (χ1v) is 9.94. The first-order valence-electron chi connectivity index (χ1n) is 8.99. The molecule has 7 nitrogen and oxygen atoms in total. The topological polar surface area (TPSA) is 92.0 Å². The highest BCUT2D eigenvalue weighted by molar-refractivity contribution is 7.08. The maximum Gasteiger partial charge on any atom is 0.150 e. The Morgan fingerprint density at radius 2 is 1.93 bits per heavy atom. The summed E-state index contributed by atoms with van der Waals surface area (Å²) in [4.78, 5) is 15.2. The van der Waals surface area contributed by atoms with Gasteiger partial charge in [-0.15, -0.1) is 0 Å². The van der Waals surface area contributed by atoms with Gasteiger partial charge in [0.2, 0.25) is 0 Å². The van der Waals surface area contributed by atoms with Gasteiger partial charge in [-0.25, -0.2) is 15.0 Å². The lowest BCUT2D eigenvalue weighted by Gasteiger charge is -2.30. The van der Waals surface area contributed by atoms with Gasteiger partial charge in [-0.2, -0.15) is 11.3 Å². The molecule has 4 rings (SSSR count). The van der Waals surface area contributed by atoms with Crippen LogP contribution in [0.15, 0.2) is 41.5 Å². The Bertz CT molecular complexity index is 872. The van der Waals surface area contributed by atoms with Crippen LogP contribution in [0, 0.1) is 0 Å². The maximum atomic E-state index is 5.60. The third kappa shape index (κ3) is 4.35. The first kappa shape index (κ1) is 17.7. The molecule has 1 fully saturated rings. The minimum atomic E-state index is 0.394. The van der Waals surface area contributed by atoms with Gasteiger partial charge in [0.25, 0.3) is 0 Å². The monoisotopic (exact) mass is 381 g/mol. The number of hydrogen-bond donors (Lipinski definition) is 3. The molecule has 1 aliphatic heterocycles. The largest absolute Gasteiger partial charge is 0.382 e. The van der Waals surface area contributed by atoms with Crippen LogP contribution in [-0.4, -0.2) is 46.0 Å². The number of nitrogens with zero attached hydrogens (tertiary/aromatic N) is 4. The molecule has 4 N–H and O–H groups in total. The molecule has 27 heavy (non-hydrogen) atoms. The number of anilines is 4. The molecule has 1 aliphatic rings. The molecule has 3 aromatic heterocycles. The lowest BCUT2D eigenvalue weighted by atomic mass is 10.0. The van der Waals surface area contributed by atoms with E-state index < -0.39 is 0 Å². The highest BCUT2D eigenvalue weighted by Gasteiger charge is 2.18. The van der Waals surface area contributed by atoms with Gasteiger partial charge < -0.3 is 21.3 Å². The van der Waals surface area contributed by atoms with Crippen molar-refractivity contribution in [3.63, 3.8) is 0 Å². The summed E-state index contributed by atoms with van der Waals surface area (Å²) in [7, 11) is 2.18. The number of hydrogen-bond acceptors (Lipinski definition) is 8. The Kier molecular flexibility index (Phi) is 5.17. The van der Waals surface area contributed by atoms with E-state index in [1.165, 1.54) is 11.8 Å². The summed E-state index contributed by atoms with van der Waals surface area (Å²) in [6, 6.07) is 4.63. The Labute approximate surface area is 162 Å². The van der Waals surface area contributed by atoms with E-state index >= 15 is 0 Å². The number of likely N-dealkylation sites (tertiary alicyclic amines) is 1. The molecule has 0 amide bonds. The van der Waals surface area contributed by atoms with Gasteiger partial charge in [0, 0.05) is 29.6 Å². The van der Waals surface area contributed by atoms with Crippen LogP contribution in [0.4, 0.5) is 23.1 Å². The van der Waals surface area contributed by atoms with Crippen molar-refractivity contribution < 1.29 is 0 Å². The molecule has 0 saturated carbocycles. The molecule has 8 heteroatoms. The van der Waals surface area contributed by atoms with Crippen LogP contribution in [0.5, 0.6) is 0 Å². The van der Waals surface area contributed by atoms with E-state index in [1.54, 1.807) is 17.5 Å². The molecule has 3 aromatic rings. The zero-order chi connectivity index (χ0) is 18.6. The van der Waals surface area contributed by atoms with Gasteiger partial charge >= 0.3 is 0 Å². The Morgan fingerprint density at radius 3 is 2.63 bits per heavy atom. The molecule has 0 aromatic carbocycles. The van der Waals surface area contributed by atoms with Crippen molar-refractivity contribution in [1.29, 1.82) is 0 Å². The minimum absolute atomic E-state index is 0.394. The van der Waals surface area contributed by atoms with E-state index in [0.717, 1.165) is 43.0 Å². The molecule has 0 bridgehead atoms. The number of aromatic nitrogens is 3. The van der Waals surface area contributed by atoms with Gasteiger partial charge in [-0.05, 0) is 55.4 Å². The molecule has 140 valence electrons. The maximum absolute atomic E-state index is 5.60. The zero-order valence-corrected chi connectivity index (χ0v) is 16.0. The number of piperidine rings is 1. The van der Waals surface area contributed by atoms with Crippen molar-refractivity contribution in [2.24, 2.45) is 0 Å². The van der Waals surface area contributed by atoms with Crippen molar-refractivity contribution in [2.45, 2.75) is 18.9 Å². The smallest absolute Gasteiger partial charge is 0.150 e. The second kappa shape index (κ2) is 7.89. The second-order valence-electron chi connectivity index (χ2n) is 6.80. The van der Waals surface area contributed by atoms with E-state index in [4.69, 9.17) is 5.73 Å². The quantitative estimate of drug-likeness (QED) is 0.623. The predicted octanol–water partition coefficient (Wildman–Crippen LogP) is 3.43. The lowest BCUT2D eigenvalue weighted by Crippen LogP contribution is -2.36. The lowest BCUT2D eigenvalue weighted by molar-refractivity contribution is 0.264. The van der Waals surface area contributed by atoms with Crippen molar-refractivity contribution in [1.82, 2.24) is 19.9 Å². The molecular formula is C19H23N7S. The number of nitrogens with two attached hydrogens (primary N) is 1. The summed E-state index contributed by atoms with van der Waals surface area (Å²) in [5, 5.41) is 11.2. The van der Waals surface area contributed by atoms with Crippen LogP contribution in [0.1, 0.15) is 12.8 Å². The van der Waals surface area contributed by atoms with Crippen molar-refractivity contribution >= 4 is 34.5 Å². The Morgan fingerprint density at radius 1 is 1.11 bits per heavy atom. The van der Waals surface area contributed by atoms with Crippen molar-refractivity contribution in [2.75, 3.05) is 36.5 Å². The molecule has 0 atom stereocenters. The fraction of sp³-hybridized carbons (Fsp3) is 0.316. The third-order valence-corrected chi connectivity index (χ3v) is 5.43. The fourth-order valence-electron chi connectivity index (χ4n) is 3.20. The molecule has 0 unspecified atom stereocenters. The molecule has 0 aliphatic carbocycles. The fourth-order valence-corrected chi connectivity index (χ4v) is 3.85. The third-order valence-electron chi connectivity index (χ3n) is 4.74. The molecule has 0 radical (unpaired) electrons. The van der Waals surface area contributed by atoms with Gasteiger partial charge in [0.05, 0.1) is 12.4 Å². The Hall–Kier alpha value is -2.71. The normalized spacial score (nSPS) is 15.6. The number of pyridine rings is 1. The average molecular weight is 382 g/mol. The number of rotatable bonds is 5. The Balaban J connectivity index is 1.59. The van der Waals surface area contributed by atoms with E-state index in [2.05, 4.69) is 54.4 Å².